The van der Waals surface area contributed by atoms with E-state index >= 15 is 0 Å². The molecule has 0 saturated heterocycles. The van der Waals surface area contributed by atoms with Crippen LogP contribution in [0.15, 0.2) is 54.6 Å². The first-order valence-corrected chi connectivity index (χ1v) is 6.85. The predicted molar refractivity (Wildman–Crippen MR) is 81.2 cm³/mol. The molecule has 98 valence electrons. The molecule has 0 fully saturated rings. The van der Waals surface area contributed by atoms with E-state index in [9.17, 15) is 4.79 Å². The number of unbranched alkanes of at least 4 members (excludes halogenated alkanes) is 1. The zero-order valence-electron chi connectivity index (χ0n) is 11.5. The molecule has 0 spiro atoms. The van der Waals surface area contributed by atoms with E-state index in [-0.39, 0.29) is 5.78 Å². The Labute approximate surface area is 115 Å². The molecule has 2 rings (SSSR count). The second-order valence-electron chi connectivity index (χ2n) is 5.04. The van der Waals surface area contributed by atoms with Gasteiger partial charge in [0.05, 0.1) is 0 Å². The Kier molecular flexibility index (Phi) is 4.51. The third-order valence-corrected chi connectivity index (χ3v) is 3.51. The van der Waals surface area contributed by atoms with Crippen molar-refractivity contribution >= 4 is 11.4 Å². The first kappa shape index (κ1) is 13.5. The standard InChI is InChI=1S/C18H20O/c1-3-8-14(2)9-4-5-10-15-13-18(19)17-12-7-6-11-16(15)17/h3,6-8,11-13H,1,4-5,9-10H2,2H3/b14-8+. The summed E-state index contributed by atoms with van der Waals surface area (Å²) in [7, 11) is 0. The Morgan fingerprint density at radius 2 is 1.95 bits per heavy atom. The normalized spacial score (nSPS) is 14.3. The first-order chi connectivity index (χ1) is 9.22. The van der Waals surface area contributed by atoms with Crippen molar-refractivity contribution in [3.05, 3.63) is 65.8 Å². The van der Waals surface area contributed by atoms with E-state index in [1.807, 2.05) is 24.3 Å². The molecule has 0 amide bonds. The summed E-state index contributed by atoms with van der Waals surface area (Å²) in [6.45, 7) is 5.84. The lowest BCUT2D eigenvalue weighted by Crippen LogP contribution is -1.90. The van der Waals surface area contributed by atoms with Crippen LogP contribution in [0.2, 0.25) is 0 Å². The third-order valence-electron chi connectivity index (χ3n) is 3.51. The Hall–Kier alpha value is -1.89. The molecule has 0 radical (unpaired) electrons. The highest BCUT2D eigenvalue weighted by molar-refractivity contribution is 6.16. The molecule has 1 aliphatic rings. The Balaban J connectivity index is 1.88. The van der Waals surface area contributed by atoms with Crippen molar-refractivity contribution in [2.75, 3.05) is 0 Å². The van der Waals surface area contributed by atoms with E-state index in [0.717, 1.165) is 36.8 Å². The van der Waals surface area contributed by atoms with E-state index in [4.69, 9.17) is 0 Å². The SMILES string of the molecule is C=C/C=C(\C)CCCCC1=CC(=O)c2ccccc21. The van der Waals surface area contributed by atoms with Crippen LogP contribution in [0.5, 0.6) is 0 Å². The van der Waals surface area contributed by atoms with Crippen molar-refractivity contribution in [1.82, 2.24) is 0 Å². The van der Waals surface area contributed by atoms with Gasteiger partial charge in [0.15, 0.2) is 5.78 Å². The molecule has 1 heteroatoms. The fraction of sp³-hybridized carbons (Fsp3) is 0.278. The van der Waals surface area contributed by atoms with Crippen LogP contribution in [-0.4, -0.2) is 5.78 Å². The number of hydrogen-bond donors (Lipinski definition) is 0. The molecule has 0 aromatic heterocycles. The van der Waals surface area contributed by atoms with Crippen molar-refractivity contribution in [3.8, 4) is 0 Å². The van der Waals surface area contributed by atoms with Crippen LogP contribution in [0, 0.1) is 0 Å². The number of benzene rings is 1. The third kappa shape index (κ3) is 3.31. The molecule has 1 nitrogen and oxygen atoms in total. The Morgan fingerprint density at radius 3 is 2.68 bits per heavy atom. The summed E-state index contributed by atoms with van der Waals surface area (Å²) in [5.74, 6) is 0.160. The van der Waals surface area contributed by atoms with E-state index in [2.05, 4.69) is 25.6 Å². The van der Waals surface area contributed by atoms with Gasteiger partial charge in [-0.2, -0.15) is 0 Å². The first-order valence-electron chi connectivity index (χ1n) is 6.85. The maximum absolute atomic E-state index is 11.8. The second-order valence-corrected chi connectivity index (χ2v) is 5.04. The van der Waals surface area contributed by atoms with Crippen molar-refractivity contribution in [2.24, 2.45) is 0 Å². The Morgan fingerprint density at radius 1 is 1.21 bits per heavy atom. The number of fused-ring (bicyclic) bond motifs is 1. The summed E-state index contributed by atoms with van der Waals surface area (Å²) in [5, 5.41) is 0. The number of allylic oxidation sites excluding steroid dienone is 5. The van der Waals surface area contributed by atoms with E-state index in [1.165, 1.54) is 11.1 Å². The van der Waals surface area contributed by atoms with Crippen LogP contribution >= 0.6 is 0 Å². The molecule has 19 heavy (non-hydrogen) atoms. The minimum atomic E-state index is 0.160. The van der Waals surface area contributed by atoms with Gasteiger partial charge >= 0.3 is 0 Å². The summed E-state index contributed by atoms with van der Waals surface area (Å²) < 4.78 is 0. The summed E-state index contributed by atoms with van der Waals surface area (Å²) in [6.07, 6.45) is 10.1. The van der Waals surface area contributed by atoms with Crippen LogP contribution in [0.4, 0.5) is 0 Å². The molecule has 0 N–H and O–H groups in total. The van der Waals surface area contributed by atoms with Crippen molar-refractivity contribution in [1.29, 1.82) is 0 Å². The Bertz CT molecular complexity index is 547. The molecule has 0 unspecified atom stereocenters. The molecule has 0 heterocycles. The minimum Gasteiger partial charge on any atom is -0.289 e. The second kappa shape index (κ2) is 6.33. The van der Waals surface area contributed by atoms with Crippen LogP contribution in [0.3, 0.4) is 0 Å². The smallest absolute Gasteiger partial charge is 0.186 e. The maximum atomic E-state index is 11.8. The molecule has 1 aromatic rings. The summed E-state index contributed by atoms with van der Waals surface area (Å²) in [6, 6.07) is 7.90. The average molecular weight is 252 g/mol. The molecule has 1 aromatic carbocycles. The van der Waals surface area contributed by atoms with Crippen molar-refractivity contribution in [3.63, 3.8) is 0 Å². The minimum absolute atomic E-state index is 0.160. The van der Waals surface area contributed by atoms with Gasteiger partial charge in [-0.25, -0.2) is 0 Å². The van der Waals surface area contributed by atoms with Gasteiger partial charge in [0.25, 0.3) is 0 Å². The monoisotopic (exact) mass is 252 g/mol. The van der Waals surface area contributed by atoms with Crippen molar-refractivity contribution in [2.45, 2.75) is 32.6 Å². The van der Waals surface area contributed by atoms with E-state index in [1.54, 1.807) is 6.08 Å². The summed E-state index contributed by atoms with van der Waals surface area (Å²) in [5.41, 5.74) is 4.56. The van der Waals surface area contributed by atoms with Gasteiger partial charge < -0.3 is 0 Å². The van der Waals surface area contributed by atoms with E-state index < -0.39 is 0 Å². The van der Waals surface area contributed by atoms with Gasteiger partial charge in [0.2, 0.25) is 0 Å². The zero-order chi connectivity index (χ0) is 13.7. The molecule has 1 aliphatic carbocycles. The lowest BCUT2D eigenvalue weighted by atomic mass is 10.00. The lowest BCUT2D eigenvalue weighted by Gasteiger charge is -2.05. The lowest BCUT2D eigenvalue weighted by molar-refractivity contribution is 0.105. The quantitative estimate of drug-likeness (QED) is 0.516. The van der Waals surface area contributed by atoms with Gasteiger partial charge in [-0.15, -0.1) is 0 Å². The van der Waals surface area contributed by atoms with Crippen LogP contribution in [0.1, 0.15) is 48.5 Å². The maximum Gasteiger partial charge on any atom is 0.186 e. The summed E-state index contributed by atoms with van der Waals surface area (Å²) >= 11 is 0. The number of rotatable bonds is 6. The number of carbonyl (C=O) groups is 1. The van der Waals surface area contributed by atoms with Crippen molar-refractivity contribution < 1.29 is 4.79 Å². The predicted octanol–water partition coefficient (Wildman–Crippen LogP) is 4.96. The molecule has 0 aliphatic heterocycles. The zero-order valence-corrected chi connectivity index (χ0v) is 11.5. The van der Waals surface area contributed by atoms with E-state index in [0.29, 0.717) is 0 Å². The highest BCUT2D eigenvalue weighted by Crippen LogP contribution is 2.31. The van der Waals surface area contributed by atoms with Gasteiger partial charge in [0, 0.05) is 5.56 Å². The fourth-order valence-corrected chi connectivity index (χ4v) is 2.50. The largest absolute Gasteiger partial charge is 0.289 e. The molecular formula is C18H20O. The van der Waals surface area contributed by atoms with Crippen LogP contribution in [0.25, 0.3) is 5.57 Å². The van der Waals surface area contributed by atoms with Gasteiger partial charge in [-0.3, -0.25) is 4.79 Å². The fourth-order valence-electron chi connectivity index (χ4n) is 2.50. The molecular weight excluding hydrogens is 232 g/mol. The average Bonchev–Trinajstić information content (AvgIpc) is 2.73. The number of carbonyl (C=O) groups excluding carboxylic acids is 1. The van der Waals surface area contributed by atoms with Crippen LogP contribution in [-0.2, 0) is 0 Å². The topological polar surface area (TPSA) is 17.1 Å². The highest BCUT2D eigenvalue weighted by atomic mass is 16.1. The number of ketones is 1. The van der Waals surface area contributed by atoms with Crippen LogP contribution < -0.4 is 0 Å². The highest BCUT2D eigenvalue weighted by Gasteiger charge is 2.19. The molecule has 0 bridgehead atoms. The summed E-state index contributed by atoms with van der Waals surface area (Å²) in [4.78, 5) is 11.8. The van der Waals surface area contributed by atoms with Gasteiger partial charge in [0.1, 0.15) is 0 Å². The molecule has 0 atom stereocenters. The van der Waals surface area contributed by atoms with Gasteiger partial charge in [-0.1, -0.05) is 48.6 Å². The number of hydrogen-bond acceptors (Lipinski definition) is 1. The van der Waals surface area contributed by atoms with Gasteiger partial charge in [-0.05, 0) is 49.8 Å². The molecule has 0 saturated carbocycles.